The van der Waals surface area contributed by atoms with Crippen molar-refractivity contribution in [1.82, 2.24) is 15.5 Å². The number of aliphatic hydroxyl groups excluding tert-OH is 1. The number of nitrogens with one attached hydrogen (secondary N) is 4. The summed E-state index contributed by atoms with van der Waals surface area (Å²) in [4.78, 5) is 108. The van der Waals surface area contributed by atoms with E-state index in [9.17, 15) is 63.9 Å². The number of amides is 3. The van der Waals surface area contributed by atoms with Crippen molar-refractivity contribution in [2.75, 3.05) is 23.7 Å². The molecule has 5 aliphatic rings. The maximum absolute atomic E-state index is 14.0. The van der Waals surface area contributed by atoms with Gasteiger partial charge in [-0.15, -0.1) is 23.5 Å². The third-order valence-corrected chi connectivity index (χ3v) is 16.0. The Morgan fingerprint density at radius 3 is 1.86 bits per heavy atom. The van der Waals surface area contributed by atoms with Gasteiger partial charge in [-0.2, -0.15) is 0 Å². The SMILES string of the molecule is C[C@@H](O)[C@H](C(=O)O[C@H](C)[C@H]1C(=O)N2C(C(=O)O)=C(S[C@@H]3CN[C@H](C(=O)Nc4cccc(C(=O)O)c4)C3)[C@H](C)[C@H]12)[C@@H]1N=C(C(=O)O)C(S[C@@H]2CN[C@H](C(=O)Nc3cccc(C(=O)O)c3)C2)[C@@H]1C. The Morgan fingerprint density at radius 2 is 1.35 bits per heavy atom. The van der Waals surface area contributed by atoms with Gasteiger partial charge in [0.05, 0.1) is 52.6 Å². The molecule has 0 aliphatic carbocycles. The lowest BCUT2D eigenvalue weighted by atomic mass is 9.79. The van der Waals surface area contributed by atoms with Gasteiger partial charge in [0.25, 0.3) is 0 Å². The zero-order valence-corrected chi connectivity index (χ0v) is 37.7. The number of hydrogen-bond donors (Lipinski definition) is 9. The van der Waals surface area contributed by atoms with Crippen LogP contribution in [0.4, 0.5) is 11.4 Å². The number of anilines is 2. The Balaban J connectivity index is 0.967. The fraction of sp³-hybridized carbons (Fsp3) is 0.477. The van der Waals surface area contributed by atoms with Crippen LogP contribution in [-0.2, 0) is 33.5 Å². The number of rotatable bonds is 17. The maximum atomic E-state index is 14.0. The summed E-state index contributed by atoms with van der Waals surface area (Å²) in [5.41, 5.74) is 0.228. The normalized spacial score (nSPS) is 29.3. The first kappa shape index (κ1) is 48.1. The van der Waals surface area contributed by atoms with Gasteiger partial charge in [-0.1, -0.05) is 26.0 Å². The van der Waals surface area contributed by atoms with E-state index in [0.717, 1.165) is 0 Å². The molecule has 5 heterocycles. The molecule has 3 fully saturated rings. The van der Waals surface area contributed by atoms with Crippen LogP contribution in [0.2, 0.25) is 0 Å². The lowest BCUT2D eigenvalue weighted by Gasteiger charge is -2.47. The standard InChI is InChI=1S/C44H50N6O14S2/c1-17-31(49-32(42(59)60)35(17)65-25-13-27(45-15-25)37(52)47-23-9-5-7-21(11-23)40(55)56)29(19(3)51)44(63)64-20(4)30-33-18(2)36(34(43(61)62)50(33)39(30)54)66-26-14-28(46-16-26)38(53)48-24-10-6-8-22(12-24)41(57)58/h5-12,17-20,25-31,33,35,45-46,51H,13-16H2,1-4H3,(H,47,52)(H,48,53)(H,55,56)(H,57,58)(H,59,60)(H,61,62)/t17-,18-,19-,20-,25+,26+,27+,28+,29+,30-,31-,33-,35?/m1/s1. The quantitative estimate of drug-likeness (QED) is 0.0811. The number of nitrogens with zero attached hydrogens (tertiary/aromatic N) is 2. The van der Waals surface area contributed by atoms with Crippen LogP contribution in [0.15, 0.2) is 64.1 Å². The minimum Gasteiger partial charge on any atom is -0.478 e. The molecule has 0 spiro atoms. The lowest BCUT2D eigenvalue weighted by molar-refractivity contribution is -0.176. The zero-order chi connectivity index (χ0) is 47.9. The second-order valence-corrected chi connectivity index (χ2v) is 20.0. The van der Waals surface area contributed by atoms with E-state index in [1.807, 2.05) is 0 Å². The summed E-state index contributed by atoms with van der Waals surface area (Å²) < 4.78 is 5.90. The Labute approximate surface area is 386 Å². The average molecular weight is 951 g/mol. The monoisotopic (exact) mass is 950 g/mol. The van der Waals surface area contributed by atoms with Gasteiger partial charge in [0.1, 0.15) is 23.4 Å². The number of carboxylic acid groups (broad SMARTS) is 4. The number of benzene rings is 2. The zero-order valence-electron chi connectivity index (χ0n) is 36.1. The summed E-state index contributed by atoms with van der Waals surface area (Å²) in [6.07, 6.45) is -1.83. The first-order chi connectivity index (χ1) is 31.2. The molecule has 20 nitrogen and oxygen atoms in total. The molecule has 0 saturated carbocycles. The molecular formula is C44H50N6O14S2. The molecule has 0 bridgehead atoms. The number of aromatic carboxylic acids is 2. The molecule has 3 saturated heterocycles. The molecule has 13 atom stereocenters. The summed E-state index contributed by atoms with van der Waals surface area (Å²) in [7, 11) is 0. The highest BCUT2D eigenvalue weighted by Gasteiger charge is 2.61. The molecule has 22 heteroatoms. The number of fused-ring (bicyclic) bond motifs is 1. The van der Waals surface area contributed by atoms with E-state index in [-0.39, 0.29) is 33.0 Å². The maximum Gasteiger partial charge on any atom is 0.353 e. The number of carbonyl (C=O) groups excluding carboxylic acids is 4. The molecule has 5 aliphatic heterocycles. The minimum absolute atomic E-state index is 0.00597. The van der Waals surface area contributed by atoms with Crippen molar-refractivity contribution in [2.45, 2.75) is 92.7 Å². The molecular weight excluding hydrogens is 901 g/mol. The highest BCUT2D eigenvalue weighted by molar-refractivity contribution is 8.03. The Morgan fingerprint density at radius 1 is 0.803 bits per heavy atom. The van der Waals surface area contributed by atoms with E-state index >= 15 is 0 Å². The van der Waals surface area contributed by atoms with Crippen LogP contribution in [0.5, 0.6) is 0 Å². The van der Waals surface area contributed by atoms with E-state index in [1.54, 1.807) is 26.0 Å². The minimum atomic E-state index is -1.36. The van der Waals surface area contributed by atoms with E-state index in [1.165, 1.54) is 78.7 Å². The number of aliphatic imine (C=N–C) groups is 1. The summed E-state index contributed by atoms with van der Waals surface area (Å²) >= 11 is 2.54. The molecule has 9 N–H and O–H groups in total. The molecule has 7 rings (SSSR count). The summed E-state index contributed by atoms with van der Waals surface area (Å²) in [5.74, 6) is -10.6. The molecule has 2 aromatic rings. The highest BCUT2D eigenvalue weighted by atomic mass is 32.2. The van der Waals surface area contributed by atoms with E-state index < -0.39 is 113 Å². The Hall–Kier alpha value is -5.81. The molecule has 352 valence electrons. The molecule has 1 unspecified atom stereocenters. The number of carbonyl (C=O) groups is 8. The second kappa shape index (κ2) is 19.6. The Bertz CT molecular complexity index is 2410. The third kappa shape index (κ3) is 9.68. The third-order valence-electron chi connectivity index (χ3n) is 12.8. The predicted molar refractivity (Wildman–Crippen MR) is 240 cm³/mol. The number of ether oxygens (including phenoxy) is 1. The highest BCUT2D eigenvalue weighted by Crippen LogP contribution is 2.52. The predicted octanol–water partition coefficient (Wildman–Crippen LogP) is 2.20. The lowest BCUT2D eigenvalue weighted by Crippen LogP contribution is -2.64. The number of hydrogen-bond acceptors (Lipinski definition) is 15. The van der Waals surface area contributed by atoms with E-state index in [4.69, 9.17) is 4.74 Å². The van der Waals surface area contributed by atoms with Crippen molar-refractivity contribution in [3.8, 4) is 0 Å². The van der Waals surface area contributed by atoms with Crippen LogP contribution < -0.4 is 21.3 Å². The van der Waals surface area contributed by atoms with Gasteiger partial charge >= 0.3 is 29.8 Å². The van der Waals surface area contributed by atoms with Gasteiger partial charge < -0.3 is 56.4 Å². The van der Waals surface area contributed by atoms with Crippen molar-refractivity contribution in [2.24, 2.45) is 28.7 Å². The smallest absolute Gasteiger partial charge is 0.353 e. The molecule has 66 heavy (non-hydrogen) atoms. The van der Waals surface area contributed by atoms with Crippen molar-refractivity contribution in [3.63, 3.8) is 0 Å². The number of thioether (sulfide) groups is 2. The van der Waals surface area contributed by atoms with Gasteiger partial charge in [-0.05, 0) is 69.0 Å². The summed E-state index contributed by atoms with van der Waals surface area (Å²) in [6, 6.07) is 8.58. The number of aliphatic carboxylic acids is 2. The van der Waals surface area contributed by atoms with Crippen molar-refractivity contribution >= 4 is 88.2 Å². The largest absolute Gasteiger partial charge is 0.478 e. The first-order valence-corrected chi connectivity index (χ1v) is 23.1. The van der Waals surface area contributed by atoms with Crippen LogP contribution in [0.3, 0.4) is 0 Å². The van der Waals surface area contributed by atoms with Crippen LogP contribution in [0, 0.1) is 23.7 Å². The number of β-lactam (4-membered cyclic amide) rings is 1. The average Bonchev–Trinajstić information content (AvgIpc) is 4.04. The number of esters is 1. The summed E-state index contributed by atoms with van der Waals surface area (Å²) in [5, 5.41) is 60.6. The van der Waals surface area contributed by atoms with Gasteiger partial charge in [-0.3, -0.25) is 24.2 Å². The van der Waals surface area contributed by atoms with Gasteiger partial charge in [-0.25, -0.2) is 19.2 Å². The van der Waals surface area contributed by atoms with Crippen molar-refractivity contribution in [1.29, 1.82) is 0 Å². The van der Waals surface area contributed by atoms with Gasteiger partial charge in [0, 0.05) is 45.8 Å². The number of carboxylic acids is 4. The van der Waals surface area contributed by atoms with Gasteiger partial charge in [0.15, 0.2) is 0 Å². The fourth-order valence-electron chi connectivity index (χ4n) is 9.48. The van der Waals surface area contributed by atoms with E-state index in [0.29, 0.717) is 42.2 Å². The second-order valence-electron chi connectivity index (χ2n) is 17.2. The number of aliphatic hydroxyl groups is 1. The molecule has 3 amide bonds. The Kier molecular flexibility index (Phi) is 14.3. The van der Waals surface area contributed by atoms with Crippen molar-refractivity contribution in [3.05, 3.63) is 70.3 Å². The van der Waals surface area contributed by atoms with Gasteiger partial charge in [0.2, 0.25) is 17.7 Å². The fourth-order valence-corrected chi connectivity index (χ4v) is 12.6. The first-order valence-electron chi connectivity index (χ1n) is 21.3. The topological polar surface area (TPSA) is 311 Å². The van der Waals surface area contributed by atoms with E-state index in [2.05, 4.69) is 26.3 Å². The molecule has 0 radical (unpaired) electrons. The van der Waals surface area contributed by atoms with Crippen LogP contribution in [0.25, 0.3) is 0 Å². The van der Waals surface area contributed by atoms with Crippen LogP contribution in [0.1, 0.15) is 61.3 Å². The molecule has 2 aromatic carbocycles. The molecule has 0 aromatic heterocycles. The summed E-state index contributed by atoms with van der Waals surface area (Å²) in [6.45, 7) is 7.04. The van der Waals surface area contributed by atoms with Crippen LogP contribution in [-0.4, -0.2) is 149 Å². The van der Waals surface area contributed by atoms with Crippen LogP contribution >= 0.6 is 23.5 Å². The van der Waals surface area contributed by atoms with Crippen molar-refractivity contribution < 1.29 is 68.6 Å².